The van der Waals surface area contributed by atoms with E-state index in [9.17, 15) is 9.90 Å². The van der Waals surface area contributed by atoms with E-state index in [0.717, 1.165) is 12.0 Å². The van der Waals surface area contributed by atoms with E-state index < -0.39 is 0 Å². The second kappa shape index (κ2) is 9.22. The van der Waals surface area contributed by atoms with E-state index in [1.165, 1.54) is 17.7 Å². The van der Waals surface area contributed by atoms with Gasteiger partial charge in [-0.25, -0.2) is 0 Å². The predicted octanol–water partition coefficient (Wildman–Crippen LogP) is 5.93. The number of hydrogen-bond donors (Lipinski definition) is 1. The molecule has 0 spiro atoms. The molecule has 0 aromatic heterocycles. The summed E-state index contributed by atoms with van der Waals surface area (Å²) in [4.78, 5) is 12.4. The minimum atomic E-state index is -0.246. The van der Waals surface area contributed by atoms with Crippen molar-refractivity contribution < 1.29 is 14.6 Å². The molecule has 2 rings (SSSR count). The Hall–Kier alpha value is -2.81. The van der Waals surface area contributed by atoms with Crippen LogP contribution in [0.3, 0.4) is 0 Å². The van der Waals surface area contributed by atoms with Crippen LogP contribution in [-0.2, 0) is 5.41 Å². The van der Waals surface area contributed by atoms with Gasteiger partial charge in [-0.15, -0.1) is 0 Å². The lowest BCUT2D eigenvalue weighted by Gasteiger charge is -2.18. The molecule has 0 radical (unpaired) electrons. The van der Waals surface area contributed by atoms with Crippen molar-refractivity contribution in [3.8, 4) is 11.5 Å². The number of carbonyl (C=O) groups excluding carboxylic acids is 1. The number of rotatable bonds is 7. The molecule has 0 aliphatic carbocycles. The number of hydrogen-bond acceptors (Lipinski definition) is 3. The highest BCUT2D eigenvalue weighted by Crippen LogP contribution is 2.25. The van der Waals surface area contributed by atoms with E-state index in [1.54, 1.807) is 18.2 Å². The average Bonchev–Trinajstić information content (AvgIpc) is 2.63. The van der Waals surface area contributed by atoms with Gasteiger partial charge < -0.3 is 9.84 Å². The molecule has 0 heterocycles. The summed E-state index contributed by atoms with van der Waals surface area (Å²) in [5, 5.41) is 10.1. The lowest BCUT2D eigenvalue weighted by molar-refractivity contribution is 0.104. The van der Waals surface area contributed by atoms with Gasteiger partial charge in [0.25, 0.3) is 0 Å². The standard InChI is InChI=1S/C24H28O3/c1-5-6-7-16-27-20-13-14-21(23(26)17-20)22(25)15-10-18-8-11-19(12-9-18)24(2,3)4/h6-15,17,26H,5,16H2,1-4H3/b7-6+,15-10+. The topological polar surface area (TPSA) is 46.5 Å². The molecule has 0 unspecified atom stereocenters. The van der Waals surface area contributed by atoms with Crippen molar-refractivity contribution in [2.45, 2.75) is 39.5 Å². The number of ether oxygens (including phenoxy) is 1. The normalized spacial score (nSPS) is 12.0. The van der Waals surface area contributed by atoms with Crippen molar-refractivity contribution in [2.24, 2.45) is 0 Å². The maximum Gasteiger partial charge on any atom is 0.189 e. The van der Waals surface area contributed by atoms with Crippen LogP contribution in [0.15, 0.2) is 60.7 Å². The molecule has 2 aromatic rings. The van der Waals surface area contributed by atoms with Crippen LogP contribution >= 0.6 is 0 Å². The number of phenols is 1. The van der Waals surface area contributed by atoms with Crippen molar-refractivity contribution in [1.29, 1.82) is 0 Å². The van der Waals surface area contributed by atoms with Crippen molar-refractivity contribution in [3.63, 3.8) is 0 Å². The van der Waals surface area contributed by atoms with Gasteiger partial charge in [0.05, 0.1) is 5.56 Å². The van der Waals surface area contributed by atoms with Crippen LogP contribution < -0.4 is 4.74 Å². The van der Waals surface area contributed by atoms with Crippen LogP contribution in [0.25, 0.3) is 6.08 Å². The van der Waals surface area contributed by atoms with Crippen molar-refractivity contribution in [1.82, 2.24) is 0 Å². The predicted molar refractivity (Wildman–Crippen MR) is 112 cm³/mol. The fraction of sp³-hybridized carbons (Fsp3) is 0.292. The zero-order valence-electron chi connectivity index (χ0n) is 16.5. The first-order valence-electron chi connectivity index (χ1n) is 9.25. The molecule has 0 bridgehead atoms. The quantitative estimate of drug-likeness (QED) is 0.376. The van der Waals surface area contributed by atoms with E-state index in [1.807, 2.05) is 24.3 Å². The van der Waals surface area contributed by atoms with Gasteiger partial charge in [0.15, 0.2) is 5.78 Å². The van der Waals surface area contributed by atoms with Crippen molar-refractivity contribution in [3.05, 3.63) is 77.4 Å². The van der Waals surface area contributed by atoms with Gasteiger partial charge in [0, 0.05) is 6.07 Å². The number of allylic oxidation sites excluding steroid dienone is 2. The summed E-state index contributed by atoms with van der Waals surface area (Å²) in [5.41, 5.74) is 2.54. The molecule has 0 saturated heterocycles. The smallest absolute Gasteiger partial charge is 0.189 e. The van der Waals surface area contributed by atoms with E-state index in [-0.39, 0.29) is 22.5 Å². The molecule has 0 atom stereocenters. The molecule has 0 saturated carbocycles. The molecular weight excluding hydrogens is 336 g/mol. The fourth-order valence-electron chi connectivity index (χ4n) is 2.54. The molecule has 0 aliphatic rings. The van der Waals surface area contributed by atoms with Gasteiger partial charge in [-0.1, -0.05) is 70.2 Å². The van der Waals surface area contributed by atoms with Gasteiger partial charge in [0.1, 0.15) is 18.1 Å². The monoisotopic (exact) mass is 364 g/mol. The highest BCUT2D eigenvalue weighted by atomic mass is 16.5. The van der Waals surface area contributed by atoms with Crippen molar-refractivity contribution in [2.75, 3.05) is 6.61 Å². The first-order valence-corrected chi connectivity index (χ1v) is 9.25. The third-order valence-corrected chi connectivity index (χ3v) is 4.19. The molecular formula is C24H28O3. The Balaban J connectivity index is 2.04. The summed E-state index contributed by atoms with van der Waals surface area (Å²) in [6.45, 7) is 8.98. The summed E-state index contributed by atoms with van der Waals surface area (Å²) >= 11 is 0. The lowest BCUT2D eigenvalue weighted by Crippen LogP contribution is -2.10. The first kappa shape index (κ1) is 20.5. The Morgan fingerprint density at radius 3 is 2.37 bits per heavy atom. The Kier molecular flexibility index (Phi) is 7.00. The Bertz CT molecular complexity index is 822. The van der Waals surface area contributed by atoms with Crippen LogP contribution in [0, 0.1) is 0 Å². The van der Waals surface area contributed by atoms with Crippen molar-refractivity contribution >= 4 is 11.9 Å². The molecule has 0 aliphatic heterocycles. The van der Waals surface area contributed by atoms with Gasteiger partial charge >= 0.3 is 0 Å². The third kappa shape index (κ3) is 6.14. The summed E-state index contributed by atoms with van der Waals surface area (Å²) in [5.74, 6) is 0.209. The molecule has 3 heteroatoms. The van der Waals surface area contributed by atoms with Crippen LogP contribution in [0.1, 0.15) is 55.6 Å². The third-order valence-electron chi connectivity index (χ3n) is 4.19. The maximum atomic E-state index is 12.4. The molecule has 3 nitrogen and oxygen atoms in total. The van der Waals surface area contributed by atoms with Crippen LogP contribution in [0.4, 0.5) is 0 Å². The SMILES string of the molecule is CC/C=C/COc1ccc(C(=O)/C=C/c2ccc(C(C)(C)C)cc2)c(O)c1. The van der Waals surface area contributed by atoms with Crippen LogP contribution in [0.2, 0.25) is 0 Å². The van der Waals surface area contributed by atoms with Crippen LogP contribution in [-0.4, -0.2) is 17.5 Å². The van der Waals surface area contributed by atoms with Crippen LogP contribution in [0.5, 0.6) is 11.5 Å². The first-order chi connectivity index (χ1) is 12.8. The lowest BCUT2D eigenvalue weighted by atomic mass is 9.87. The molecule has 0 fully saturated rings. The summed E-state index contributed by atoms with van der Waals surface area (Å²) in [7, 11) is 0. The molecule has 1 N–H and O–H groups in total. The zero-order valence-corrected chi connectivity index (χ0v) is 16.5. The van der Waals surface area contributed by atoms with E-state index in [0.29, 0.717) is 12.4 Å². The molecule has 0 amide bonds. The highest BCUT2D eigenvalue weighted by Gasteiger charge is 2.13. The second-order valence-corrected chi connectivity index (χ2v) is 7.44. The molecule has 27 heavy (non-hydrogen) atoms. The fourth-order valence-corrected chi connectivity index (χ4v) is 2.54. The number of carbonyl (C=O) groups is 1. The minimum absolute atomic E-state index is 0.0790. The largest absolute Gasteiger partial charge is 0.507 e. The number of benzene rings is 2. The summed E-state index contributed by atoms with van der Waals surface area (Å²) in [6.07, 6.45) is 8.12. The summed E-state index contributed by atoms with van der Waals surface area (Å²) < 4.78 is 5.52. The van der Waals surface area contributed by atoms with E-state index in [4.69, 9.17) is 4.74 Å². The average molecular weight is 364 g/mol. The molecule has 2 aromatic carbocycles. The maximum absolute atomic E-state index is 12.4. The Morgan fingerprint density at radius 1 is 1.07 bits per heavy atom. The molecule has 142 valence electrons. The van der Waals surface area contributed by atoms with Gasteiger partial charge in [-0.2, -0.15) is 0 Å². The van der Waals surface area contributed by atoms with Gasteiger partial charge in [-0.3, -0.25) is 4.79 Å². The Labute approximate surface area is 162 Å². The number of aromatic hydroxyl groups is 1. The Morgan fingerprint density at radius 2 is 1.78 bits per heavy atom. The highest BCUT2D eigenvalue weighted by molar-refractivity contribution is 6.08. The number of phenolic OH excluding ortho intramolecular Hbond substituents is 1. The zero-order chi connectivity index (χ0) is 19.9. The van der Waals surface area contributed by atoms with E-state index >= 15 is 0 Å². The van der Waals surface area contributed by atoms with E-state index in [2.05, 4.69) is 39.8 Å². The minimum Gasteiger partial charge on any atom is -0.507 e. The van der Waals surface area contributed by atoms with Gasteiger partial charge in [0.2, 0.25) is 0 Å². The summed E-state index contributed by atoms with van der Waals surface area (Å²) in [6, 6.07) is 12.9. The number of ketones is 1. The van der Waals surface area contributed by atoms with Gasteiger partial charge in [-0.05, 0) is 41.2 Å². The second-order valence-electron chi connectivity index (χ2n) is 7.44.